The van der Waals surface area contributed by atoms with E-state index in [1.54, 1.807) is 4.90 Å². The number of aryl methyl sites for hydroxylation is 2. The van der Waals surface area contributed by atoms with E-state index in [0.717, 1.165) is 17.9 Å². The molecule has 1 saturated heterocycles. The summed E-state index contributed by atoms with van der Waals surface area (Å²) in [5.41, 5.74) is 7.40. The summed E-state index contributed by atoms with van der Waals surface area (Å²) in [6.45, 7) is 8.68. The number of primary amides is 1. The molecule has 1 atom stereocenters. The van der Waals surface area contributed by atoms with Crippen LogP contribution in [0.5, 0.6) is 0 Å². The maximum atomic E-state index is 12.2. The second kappa shape index (κ2) is 7.48. The maximum Gasteiger partial charge on any atom is 0.314 e. The lowest BCUT2D eigenvalue weighted by Crippen LogP contribution is -2.45. The minimum atomic E-state index is -0.401. The molecular weight excluding hydrogens is 294 g/mol. The summed E-state index contributed by atoms with van der Waals surface area (Å²) < 4.78 is 1.98. The molecule has 0 spiro atoms. The van der Waals surface area contributed by atoms with Crippen LogP contribution in [-0.4, -0.2) is 46.3 Å². The van der Waals surface area contributed by atoms with Crippen LogP contribution in [-0.2, 0) is 11.3 Å². The van der Waals surface area contributed by atoms with Crippen LogP contribution in [0, 0.1) is 25.7 Å². The van der Waals surface area contributed by atoms with Crippen LogP contribution in [0.25, 0.3) is 0 Å². The van der Waals surface area contributed by atoms with Gasteiger partial charge < -0.3 is 16.0 Å². The summed E-state index contributed by atoms with van der Waals surface area (Å²) in [5.74, 6) is 0.364. The highest BCUT2D eigenvalue weighted by Gasteiger charge is 2.26. The summed E-state index contributed by atoms with van der Waals surface area (Å²) in [6, 6.07) is 1.65. The Morgan fingerprint density at radius 1 is 1.39 bits per heavy atom. The van der Waals surface area contributed by atoms with Crippen molar-refractivity contribution in [2.75, 3.05) is 19.6 Å². The summed E-state index contributed by atoms with van der Waals surface area (Å²) >= 11 is 0. The van der Waals surface area contributed by atoms with Gasteiger partial charge in [0.15, 0.2) is 0 Å². The summed E-state index contributed by atoms with van der Waals surface area (Å²) in [7, 11) is 0. The summed E-state index contributed by atoms with van der Waals surface area (Å²) in [5, 5.41) is 7.47. The van der Waals surface area contributed by atoms with Crippen molar-refractivity contribution in [3.8, 4) is 0 Å². The first-order chi connectivity index (χ1) is 10.9. The number of carbonyl (C=O) groups is 2. The van der Waals surface area contributed by atoms with Gasteiger partial charge in [0.1, 0.15) is 0 Å². The minimum absolute atomic E-state index is 0.0218. The number of aromatic nitrogens is 2. The Morgan fingerprint density at radius 2 is 2.04 bits per heavy atom. The van der Waals surface area contributed by atoms with Crippen molar-refractivity contribution < 1.29 is 9.59 Å². The number of nitrogens with two attached hydrogens (primary N) is 1. The van der Waals surface area contributed by atoms with E-state index in [-0.39, 0.29) is 11.8 Å². The van der Waals surface area contributed by atoms with Gasteiger partial charge in [-0.2, -0.15) is 5.10 Å². The van der Waals surface area contributed by atoms with Crippen LogP contribution >= 0.6 is 0 Å². The Kier molecular flexibility index (Phi) is 5.63. The number of nitrogens with one attached hydrogen (secondary N) is 1. The number of piperidine rings is 1. The van der Waals surface area contributed by atoms with Crippen molar-refractivity contribution >= 4 is 11.9 Å². The minimum Gasteiger partial charge on any atom is -0.356 e. The Balaban J connectivity index is 1.74. The molecule has 1 aromatic rings. The number of rotatable bonds is 5. The number of urea groups is 1. The third-order valence-electron chi connectivity index (χ3n) is 4.39. The number of amides is 3. The van der Waals surface area contributed by atoms with Gasteiger partial charge in [-0.25, -0.2) is 4.79 Å². The first-order valence-electron chi connectivity index (χ1n) is 8.20. The highest BCUT2D eigenvalue weighted by molar-refractivity contribution is 5.79. The molecule has 2 rings (SSSR count). The lowest BCUT2D eigenvalue weighted by Gasteiger charge is -2.30. The van der Waals surface area contributed by atoms with Crippen molar-refractivity contribution in [3.05, 3.63) is 17.5 Å². The SMILES string of the molecule is Cc1cc(C)n(C[C@@H](C)CNC(=O)C2CCN(C(N)=O)CC2)n1. The van der Waals surface area contributed by atoms with Gasteiger partial charge >= 0.3 is 6.03 Å². The fraction of sp³-hybridized carbons (Fsp3) is 0.688. The van der Waals surface area contributed by atoms with E-state index in [9.17, 15) is 9.59 Å². The molecule has 23 heavy (non-hydrogen) atoms. The van der Waals surface area contributed by atoms with Crippen molar-refractivity contribution in [2.24, 2.45) is 17.6 Å². The molecule has 128 valence electrons. The molecule has 2 heterocycles. The number of nitrogens with zero attached hydrogens (tertiary/aromatic N) is 3. The van der Waals surface area contributed by atoms with Gasteiger partial charge in [-0.3, -0.25) is 9.48 Å². The highest BCUT2D eigenvalue weighted by atomic mass is 16.2. The quantitative estimate of drug-likeness (QED) is 0.848. The third-order valence-corrected chi connectivity index (χ3v) is 4.39. The zero-order valence-corrected chi connectivity index (χ0v) is 14.2. The van der Waals surface area contributed by atoms with Gasteiger partial charge in [-0.15, -0.1) is 0 Å². The molecule has 7 nitrogen and oxygen atoms in total. The zero-order chi connectivity index (χ0) is 17.0. The van der Waals surface area contributed by atoms with Crippen LogP contribution in [0.4, 0.5) is 4.79 Å². The molecule has 0 radical (unpaired) electrons. The largest absolute Gasteiger partial charge is 0.356 e. The normalized spacial score (nSPS) is 17.1. The van der Waals surface area contributed by atoms with Gasteiger partial charge in [0.25, 0.3) is 0 Å². The van der Waals surface area contributed by atoms with Gasteiger partial charge in [-0.1, -0.05) is 6.92 Å². The molecule has 1 aliphatic heterocycles. The monoisotopic (exact) mass is 321 g/mol. The van der Waals surface area contributed by atoms with Crippen LogP contribution < -0.4 is 11.1 Å². The number of carbonyl (C=O) groups excluding carboxylic acids is 2. The van der Waals surface area contributed by atoms with Crippen molar-refractivity contribution in [2.45, 2.75) is 40.2 Å². The fourth-order valence-corrected chi connectivity index (χ4v) is 3.00. The van der Waals surface area contributed by atoms with E-state index >= 15 is 0 Å². The van der Waals surface area contributed by atoms with Gasteiger partial charge in [0.05, 0.1) is 5.69 Å². The van der Waals surface area contributed by atoms with Crippen LogP contribution in [0.2, 0.25) is 0 Å². The van der Waals surface area contributed by atoms with E-state index in [1.165, 1.54) is 0 Å². The predicted molar refractivity (Wildman–Crippen MR) is 87.8 cm³/mol. The van der Waals surface area contributed by atoms with Gasteiger partial charge in [0.2, 0.25) is 5.91 Å². The zero-order valence-electron chi connectivity index (χ0n) is 14.2. The van der Waals surface area contributed by atoms with E-state index in [4.69, 9.17) is 5.73 Å². The van der Waals surface area contributed by atoms with Gasteiger partial charge in [-0.05, 0) is 38.7 Å². The Bertz CT molecular complexity index is 561. The second-order valence-corrected chi connectivity index (χ2v) is 6.56. The lowest BCUT2D eigenvalue weighted by atomic mass is 9.96. The van der Waals surface area contributed by atoms with E-state index in [1.807, 2.05) is 18.5 Å². The molecule has 3 N–H and O–H groups in total. The van der Waals surface area contributed by atoms with E-state index < -0.39 is 6.03 Å². The number of hydrogen-bond acceptors (Lipinski definition) is 3. The first-order valence-corrected chi connectivity index (χ1v) is 8.20. The Labute approximate surface area is 137 Å². The topological polar surface area (TPSA) is 93.3 Å². The average molecular weight is 321 g/mol. The number of hydrogen-bond donors (Lipinski definition) is 2. The summed E-state index contributed by atoms with van der Waals surface area (Å²) in [4.78, 5) is 24.9. The molecule has 0 unspecified atom stereocenters. The fourth-order valence-electron chi connectivity index (χ4n) is 3.00. The Morgan fingerprint density at radius 3 is 2.57 bits per heavy atom. The molecule has 0 saturated carbocycles. The molecule has 1 fully saturated rings. The molecule has 1 aromatic heterocycles. The molecular formula is C16H27N5O2. The van der Waals surface area contributed by atoms with Crippen LogP contribution in [0.3, 0.4) is 0 Å². The number of likely N-dealkylation sites (tertiary alicyclic amines) is 1. The second-order valence-electron chi connectivity index (χ2n) is 6.56. The molecule has 0 aromatic carbocycles. The Hall–Kier alpha value is -2.05. The van der Waals surface area contributed by atoms with Crippen LogP contribution in [0.1, 0.15) is 31.2 Å². The molecule has 0 bridgehead atoms. The van der Waals surface area contributed by atoms with Crippen LogP contribution in [0.15, 0.2) is 6.07 Å². The molecule has 3 amide bonds. The molecule has 1 aliphatic rings. The van der Waals surface area contributed by atoms with E-state index in [0.29, 0.717) is 38.4 Å². The molecule has 7 heteroatoms. The van der Waals surface area contributed by atoms with E-state index in [2.05, 4.69) is 23.4 Å². The third kappa shape index (κ3) is 4.71. The highest BCUT2D eigenvalue weighted by Crippen LogP contribution is 2.17. The van der Waals surface area contributed by atoms with Gasteiger partial charge in [0, 0.05) is 37.8 Å². The predicted octanol–water partition coefficient (Wildman–Crippen LogP) is 1.04. The molecule has 0 aliphatic carbocycles. The summed E-state index contributed by atoms with van der Waals surface area (Å²) in [6.07, 6.45) is 1.36. The van der Waals surface area contributed by atoms with Crippen molar-refractivity contribution in [1.29, 1.82) is 0 Å². The average Bonchev–Trinajstić information content (AvgIpc) is 2.82. The van der Waals surface area contributed by atoms with Crippen molar-refractivity contribution in [3.63, 3.8) is 0 Å². The standard InChI is InChI=1S/C16H27N5O2/c1-11(10-21-13(3)8-12(2)19-21)9-18-15(22)14-4-6-20(7-5-14)16(17)23/h8,11,14H,4-7,9-10H2,1-3H3,(H2,17,23)(H,18,22)/t11-/m0/s1. The first kappa shape index (κ1) is 17.3. The maximum absolute atomic E-state index is 12.2. The smallest absolute Gasteiger partial charge is 0.314 e. The lowest BCUT2D eigenvalue weighted by molar-refractivity contribution is -0.126. The van der Waals surface area contributed by atoms with Crippen molar-refractivity contribution in [1.82, 2.24) is 20.0 Å².